The Hall–Kier alpha value is -2.56. The Balaban J connectivity index is 1.56. The van der Waals surface area contributed by atoms with E-state index in [0.717, 1.165) is 6.42 Å². The molecule has 9 nitrogen and oxygen atoms in total. The molecule has 4 rings (SSSR count). The van der Waals surface area contributed by atoms with Gasteiger partial charge in [-0.1, -0.05) is 6.07 Å². The lowest BCUT2D eigenvalue weighted by atomic mass is 10.0. The van der Waals surface area contributed by atoms with Crippen molar-refractivity contribution in [3.05, 3.63) is 35.0 Å². The molecule has 0 bridgehead atoms. The summed E-state index contributed by atoms with van der Waals surface area (Å²) in [5.74, 6) is -0.306. The van der Waals surface area contributed by atoms with Crippen molar-refractivity contribution in [1.82, 2.24) is 24.8 Å². The van der Waals surface area contributed by atoms with Crippen molar-refractivity contribution in [3.63, 3.8) is 0 Å². The molecule has 0 spiro atoms. The molecule has 0 saturated heterocycles. The van der Waals surface area contributed by atoms with Crippen LogP contribution in [-0.2, 0) is 11.2 Å². The molecule has 1 aliphatic carbocycles. The molecular weight excluding hydrogens is 404 g/mol. The van der Waals surface area contributed by atoms with Gasteiger partial charge < -0.3 is 25.4 Å². The number of thiophene rings is 1. The van der Waals surface area contributed by atoms with E-state index in [1.165, 1.54) is 11.2 Å². The van der Waals surface area contributed by atoms with Gasteiger partial charge in [0, 0.05) is 23.9 Å². The lowest BCUT2D eigenvalue weighted by molar-refractivity contribution is -0.128. The number of carbonyl (C=O) groups excluding carboxylic acids is 1. The van der Waals surface area contributed by atoms with Gasteiger partial charge >= 0.3 is 0 Å². The van der Waals surface area contributed by atoms with Crippen molar-refractivity contribution in [2.24, 2.45) is 5.92 Å². The number of amides is 1. The maximum absolute atomic E-state index is 12.2. The Labute approximate surface area is 178 Å². The quantitative estimate of drug-likeness (QED) is 0.446. The Bertz CT molecular complexity index is 1010. The lowest BCUT2D eigenvalue weighted by Gasteiger charge is -2.18. The van der Waals surface area contributed by atoms with E-state index in [2.05, 4.69) is 44.0 Å². The highest BCUT2D eigenvalue weighted by molar-refractivity contribution is 7.09. The summed E-state index contributed by atoms with van der Waals surface area (Å²) in [5, 5.41) is 29.2. The largest absolute Gasteiger partial charge is 0.390 e. The minimum absolute atomic E-state index is 0.146. The molecule has 0 aliphatic heterocycles. The van der Waals surface area contributed by atoms with Gasteiger partial charge in [-0.2, -0.15) is 0 Å². The minimum atomic E-state index is -1.13. The zero-order valence-electron chi connectivity index (χ0n) is 16.9. The van der Waals surface area contributed by atoms with Crippen molar-refractivity contribution in [1.29, 1.82) is 0 Å². The summed E-state index contributed by atoms with van der Waals surface area (Å²) in [6, 6.07) is 3.79. The number of nitrogens with zero attached hydrogens (tertiary/aromatic N) is 4. The third kappa shape index (κ3) is 3.90. The second kappa shape index (κ2) is 8.66. The van der Waals surface area contributed by atoms with Crippen LogP contribution in [-0.4, -0.2) is 60.4 Å². The van der Waals surface area contributed by atoms with Gasteiger partial charge in [-0.15, -0.1) is 11.3 Å². The standard InChI is InChI=1S/C20H26N6O3S/c1-3-21-20(29)13-8-14(17(28)16(13)27)26-10-24-15-18(22-9-23-19(15)26)25-11(2)7-12-5-4-6-30-12/h4-6,9-11,13-14,16-17,27-28H,3,7-8H2,1-2H3,(H,21,29)(H,22,23,25)/t11-,13+,14-,16-,17+/m1/s1. The molecule has 0 radical (unpaired) electrons. The predicted octanol–water partition coefficient (Wildman–Crippen LogP) is 1.35. The van der Waals surface area contributed by atoms with E-state index in [4.69, 9.17) is 0 Å². The fraction of sp³-hybridized carbons (Fsp3) is 0.500. The average Bonchev–Trinajstić information content (AvgIpc) is 3.44. The molecule has 1 amide bonds. The first-order valence-electron chi connectivity index (χ1n) is 10.1. The van der Waals surface area contributed by atoms with E-state index in [9.17, 15) is 15.0 Å². The minimum Gasteiger partial charge on any atom is -0.390 e. The highest BCUT2D eigenvalue weighted by Gasteiger charge is 2.46. The van der Waals surface area contributed by atoms with E-state index in [1.807, 2.05) is 13.0 Å². The van der Waals surface area contributed by atoms with E-state index >= 15 is 0 Å². The first-order chi connectivity index (χ1) is 14.5. The molecule has 160 valence electrons. The van der Waals surface area contributed by atoms with Crippen LogP contribution in [0.3, 0.4) is 0 Å². The maximum Gasteiger partial charge on any atom is 0.225 e. The topological polar surface area (TPSA) is 125 Å². The summed E-state index contributed by atoms with van der Waals surface area (Å²) in [4.78, 5) is 26.7. The second-order valence-electron chi connectivity index (χ2n) is 7.66. The monoisotopic (exact) mass is 430 g/mol. The van der Waals surface area contributed by atoms with Crippen LogP contribution < -0.4 is 10.6 Å². The van der Waals surface area contributed by atoms with Crippen LogP contribution >= 0.6 is 11.3 Å². The smallest absolute Gasteiger partial charge is 0.225 e. The third-order valence-corrected chi connectivity index (χ3v) is 6.42. The summed E-state index contributed by atoms with van der Waals surface area (Å²) in [6.07, 6.45) is 2.00. The van der Waals surface area contributed by atoms with Gasteiger partial charge in [0.15, 0.2) is 11.5 Å². The predicted molar refractivity (Wildman–Crippen MR) is 114 cm³/mol. The van der Waals surface area contributed by atoms with E-state index < -0.39 is 24.2 Å². The van der Waals surface area contributed by atoms with Gasteiger partial charge in [0.1, 0.15) is 17.9 Å². The molecule has 0 aromatic carbocycles. The Morgan fingerprint density at radius 2 is 2.17 bits per heavy atom. The lowest BCUT2D eigenvalue weighted by Crippen LogP contribution is -2.38. The number of hydrogen-bond donors (Lipinski definition) is 4. The van der Waals surface area contributed by atoms with Gasteiger partial charge in [-0.3, -0.25) is 4.79 Å². The van der Waals surface area contributed by atoms with Gasteiger partial charge in [0.25, 0.3) is 0 Å². The van der Waals surface area contributed by atoms with Gasteiger partial charge in [-0.25, -0.2) is 15.0 Å². The number of carbonyl (C=O) groups is 1. The van der Waals surface area contributed by atoms with Gasteiger partial charge in [0.2, 0.25) is 5.91 Å². The summed E-state index contributed by atoms with van der Waals surface area (Å²) < 4.78 is 1.74. The third-order valence-electron chi connectivity index (χ3n) is 5.53. The van der Waals surface area contributed by atoms with Gasteiger partial charge in [0.05, 0.1) is 24.4 Å². The number of rotatable bonds is 7. The molecule has 3 aromatic heterocycles. The summed E-state index contributed by atoms with van der Waals surface area (Å²) in [5.41, 5.74) is 1.15. The molecule has 0 unspecified atom stereocenters. The molecule has 4 N–H and O–H groups in total. The number of aliphatic hydroxyl groups excluding tert-OH is 2. The van der Waals surface area contributed by atoms with Crippen LogP contribution in [0.5, 0.6) is 0 Å². The number of aromatic nitrogens is 4. The number of hydrogen-bond acceptors (Lipinski definition) is 8. The number of anilines is 1. The molecule has 1 saturated carbocycles. The van der Waals surface area contributed by atoms with E-state index in [1.54, 1.807) is 22.2 Å². The van der Waals surface area contributed by atoms with Crippen LogP contribution in [0.1, 0.15) is 31.2 Å². The number of imidazole rings is 1. The molecule has 5 atom stereocenters. The summed E-state index contributed by atoms with van der Waals surface area (Å²) in [7, 11) is 0. The number of aliphatic hydroxyl groups is 2. The highest BCUT2D eigenvalue weighted by Crippen LogP contribution is 2.37. The molecule has 10 heteroatoms. The van der Waals surface area contributed by atoms with Crippen molar-refractivity contribution in [3.8, 4) is 0 Å². The average molecular weight is 431 g/mol. The van der Waals surface area contributed by atoms with Crippen LogP contribution in [0, 0.1) is 5.92 Å². The van der Waals surface area contributed by atoms with Crippen molar-refractivity contribution < 1.29 is 15.0 Å². The zero-order valence-corrected chi connectivity index (χ0v) is 17.7. The van der Waals surface area contributed by atoms with Crippen LogP contribution in [0.4, 0.5) is 5.82 Å². The molecule has 1 aliphatic rings. The van der Waals surface area contributed by atoms with Crippen molar-refractivity contribution >= 4 is 34.2 Å². The molecule has 3 aromatic rings. The van der Waals surface area contributed by atoms with Gasteiger partial charge in [-0.05, 0) is 31.7 Å². The Morgan fingerprint density at radius 3 is 2.90 bits per heavy atom. The van der Waals surface area contributed by atoms with Crippen molar-refractivity contribution in [2.75, 3.05) is 11.9 Å². The number of fused-ring (bicyclic) bond motifs is 1. The van der Waals surface area contributed by atoms with Crippen molar-refractivity contribution in [2.45, 2.75) is 51.0 Å². The Morgan fingerprint density at radius 1 is 1.33 bits per heavy atom. The first-order valence-corrected chi connectivity index (χ1v) is 11.0. The van der Waals surface area contributed by atoms with E-state index in [0.29, 0.717) is 29.9 Å². The fourth-order valence-corrected chi connectivity index (χ4v) is 4.90. The summed E-state index contributed by atoms with van der Waals surface area (Å²) >= 11 is 1.72. The molecule has 1 fully saturated rings. The molecule has 3 heterocycles. The molecular formula is C20H26N6O3S. The van der Waals surface area contributed by atoms with Crippen LogP contribution in [0.15, 0.2) is 30.2 Å². The maximum atomic E-state index is 12.2. The molecule has 30 heavy (non-hydrogen) atoms. The normalized spacial score (nSPS) is 24.8. The van der Waals surface area contributed by atoms with Crippen LogP contribution in [0.25, 0.3) is 11.2 Å². The van der Waals surface area contributed by atoms with E-state index in [-0.39, 0.29) is 11.9 Å². The van der Waals surface area contributed by atoms with Crippen LogP contribution in [0.2, 0.25) is 0 Å². The Kier molecular flexibility index (Phi) is 5.98. The highest BCUT2D eigenvalue weighted by atomic mass is 32.1. The fourth-order valence-electron chi connectivity index (χ4n) is 4.07. The SMILES string of the molecule is CCNC(=O)[C@H]1C[C@@H](n2cnc3c(N[C@H](C)Cc4cccs4)ncnc32)[C@H](O)[C@@H]1O. The zero-order chi connectivity index (χ0) is 21.3. The first kappa shape index (κ1) is 20.7. The second-order valence-corrected chi connectivity index (χ2v) is 8.69. The summed E-state index contributed by atoms with van der Waals surface area (Å²) in [6.45, 7) is 4.38. The number of nitrogens with one attached hydrogen (secondary N) is 2.